The highest BCUT2D eigenvalue weighted by Crippen LogP contribution is 2.26. The molecule has 0 aromatic heterocycles. The van der Waals surface area contributed by atoms with Crippen LogP contribution in [-0.2, 0) is 16.2 Å². The molecule has 5 nitrogen and oxygen atoms in total. The van der Waals surface area contributed by atoms with E-state index in [1.165, 1.54) is 12.7 Å². The zero-order chi connectivity index (χ0) is 18.4. The minimum atomic E-state index is -0.308. The molecule has 0 spiro atoms. The second-order valence-corrected chi connectivity index (χ2v) is 5.88. The lowest BCUT2D eigenvalue weighted by molar-refractivity contribution is -0.114. The Morgan fingerprint density at radius 2 is 1.76 bits per heavy atom. The average Bonchev–Trinajstić information content (AvgIpc) is 2.58. The lowest BCUT2D eigenvalue weighted by Crippen LogP contribution is -2.29. The molecule has 0 unspecified atom stereocenters. The molecule has 0 atom stereocenters. The fourth-order valence-corrected chi connectivity index (χ4v) is 2.84. The second-order valence-electron chi connectivity index (χ2n) is 5.88. The number of rotatable bonds is 6. The van der Waals surface area contributed by atoms with Gasteiger partial charge in [-0.1, -0.05) is 47.1 Å². The Kier molecular flexibility index (Phi) is 6.17. The van der Waals surface area contributed by atoms with Crippen LogP contribution in [0.1, 0.15) is 27.8 Å². The van der Waals surface area contributed by atoms with Crippen molar-refractivity contribution in [1.29, 1.82) is 0 Å². The summed E-state index contributed by atoms with van der Waals surface area (Å²) in [4.78, 5) is 16.9. The summed E-state index contributed by atoms with van der Waals surface area (Å²) in [5.74, 6) is 0.558. The maximum Gasteiger partial charge on any atom is 0.273 e. The third-order valence-electron chi connectivity index (χ3n) is 3.87. The molecule has 0 bridgehead atoms. The van der Waals surface area contributed by atoms with Gasteiger partial charge in [0.05, 0.1) is 0 Å². The molecule has 0 fully saturated rings. The zero-order valence-corrected chi connectivity index (χ0v) is 15.3. The van der Waals surface area contributed by atoms with E-state index in [9.17, 15) is 4.79 Å². The second kappa shape index (κ2) is 8.33. The van der Waals surface area contributed by atoms with Crippen LogP contribution in [0.25, 0.3) is 0 Å². The van der Waals surface area contributed by atoms with Crippen molar-refractivity contribution in [2.24, 2.45) is 5.16 Å². The Morgan fingerprint density at radius 1 is 1.12 bits per heavy atom. The van der Waals surface area contributed by atoms with E-state index in [0.29, 0.717) is 12.2 Å². The molecule has 5 heteroatoms. The molecule has 0 saturated carbocycles. The molecule has 0 radical (unpaired) electrons. The smallest absolute Gasteiger partial charge is 0.273 e. The van der Waals surface area contributed by atoms with E-state index < -0.39 is 0 Å². The van der Waals surface area contributed by atoms with Gasteiger partial charge in [-0.25, -0.2) is 0 Å². The predicted molar refractivity (Wildman–Crippen MR) is 99.0 cm³/mol. The third kappa shape index (κ3) is 4.38. The van der Waals surface area contributed by atoms with Crippen LogP contribution < -0.4 is 10.1 Å². The van der Waals surface area contributed by atoms with Crippen molar-refractivity contribution in [1.82, 2.24) is 5.32 Å². The molecule has 0 aliphatic heterocycles. The number of benzene rings is 2. The molecule has 2 aromatic rings. The van der Waals surface area contributed by atoms with Gasteiger partial charge in [0.15, 0.2) is 5.71 Å². The van der Waals surface area contributed by atoms with Gasteiger partial charge >= 0.3 is 0 Å². The van der Waals surface area contributed by atoms with Crippen LogP contribution in [0.15, 0.2) is 41.6 Å². The molecular formula is C20H24N2O3. The van der Waals surface area contributed by atoms with Crippen LogP contribution in [0.2, 0.25) is 0 Å². The zero-order valence-electron chi connectivity index (χ0n) is 15.3. The number of nitrogens with one attached hydrogen (secondary N) is 1. The summed E-state index contributed by atoms with van der Waals surface area (Å²) in [6.45, 7) is 6.46. The van der Waals surface area contributed by atoms with Gasteiger partial charge in [-0.15, -0.1) is 0 Å². The van der Waals surface area contributed by atoms with E-state index in [2.05, 4.69) is 29.5 Å². The van der Waals surface area contributed by atoms with Crippen LogP contribution in [0.4, 0.5) is 0 Å². The molecule has 0 saturated heterocycles. The minimum Gasteiger partial charge on any atom is -0.488 e. The highest BCUT2D eigenvalue weighted by Gasteiger charge is 2.17. The summed E-state index contributed by atoms with van der Waals surface area (Å²) in [5.41, 5.74) is 5.16. The van der Waals surface area contributed by atoms with Gasteiger partial charge in [-0.05, 0) is 37.5 Å². The summed E-state index contributed by atoms with van der Waals surface area (Å²) in [6, 6.07) is 11.7. The Hall–Kier alpha value is -2.82. The van der Waals surface area contributed by atoms with Crippen molar-refractivity contribution in [3.8, 4) is 5.75 Å². The third-order valence-corrected chi connectivity index (χ3v) is 3.87. The van der Waals surface area contributed by atoms with Crippen LogP contribution in [0.3, 0.4) is 0 Å². The van der Waals surface area contributed by atoms with E-state index in [1.807, 2.05) is 38.1 Å². The van der Waals surface area contributed by atoms with E-state index in [4.69, 9.17) is 9.57 Å². The number of amides is 1. The van der Waals surface area contributed by atoms with Crippen molar-refractivity contribution in [3.63, 3.8) is 0 Å². The molecule has 132 valence electrons. The summed E-state index contributed by atoms with van der Waals surface area (Å²) in [6.07, 6.45) is 0. The van der Waals surface area contributed by atoms with Gasteiger partial charge in [0.1, 0.15) is 19.5 Å². The van der Waals surface area contributed by atoms with Crippen molar-refractivity contribution in [3.05, 3.63) is 64.2 Å². The molecule has 1 N–H and O–H groups in total. The Labute approximate surface area is 148 Å². The summed E-state index contributed by atoms with van der Waals surface area (Å²) < 4.78 is 6.06. The minimum absolute atomic E-state index is 0.224. The van der Waals surface area contributed by atoms with E-state index in [-0.39, 0.29) is 11.6 Å². The Balaban J connectivity index is 2.33. The number of hydrogen-bond donors (Lipinski definition) is 1. The molecule has 0 aliphatic carbocycles. The SMILES string of the molecule is CNC(=O)/C(=N/OC)c1ccccc1COc1c(C)cc(C)cc1C. The van der Waals surface area contributed by atoms with Gasteiger partial charge in [0.2, 0.25) is 0 Å². The van der Waals surface area contributed by atoms with Crippen LogP contribution in [-0.4, -0.2) is 25.8 Å². The van der Waals surface area contributed by atoms with Crippen LogP contribution in [0, 0.1) is 20.8 Å². The number of carbonyl (C=O) groups is 1. The predicted octanol–water partition coefficient (Wildman–Crippen LogP) is 3.29. The standard InChI is InChI=1S/C20H24N2O3/c1-13-10-14(2)19(15(3)11-13)25-12-16-8-6-7-9-17(16)18(22-24-5)20(23)21-4/h6-11H,12H2,1-5H3,(H,21,23)/b22-18+. The van der Waals surface area contributed by atoms with Crippen molar-refractivity contribution in [2.75, 3.05) is 14.2 Å². The van der Waals surface area contributed by atoms with E-state index in [0.717, 1.165) is 22.4 Å². The van der Waals surface area contributed by atoms with Gasteiger partial charge in [-0.3, -0.25) is 4.79 Å². The lowest BCUT2D eigenvalue weighted by Gasteiger charge is -2.15. The maximum atomic E-state index is 12.1. The van der Waals surface area contributed by atoms with Gasteiger partial charge in [-0.2, -0.15) is 0 Å². The first kappa shape index (κ1) is 18.5. The van der Waals surface area contributed by atoms with Gasteiger partial charge in [0.25, 0.3) is 5.91 Å². The van der Waals surface area contributed by atoms with Gasteiger partial charge in [0, 0.05) is 12.6 Å². The van der Waals surface area contributed by atoms with E-state index in [1.54, 1.807) is 7.05 Å². The van der Waals surface area contributed by atoms with E-state index >= 15 is 0 Å². The first-order chi connectivity index (χ1) is 12.0. The molecule has 25 heavy (non-hydrogen) atoms. The maximum absolute atomic E-state index is 12.1. The number of nitrogens with zero attached hydrogens (tertiary/aromatic N) is 1. The number of likely N-dealkylation sites (N-methyl/N-ethyl adjacent to an activating group) is 1. The summed E-state index contributed by atoms with van der Waals surface area (Å²) in [7, 11) is 2.98. The number of ether oxygens (including phenoxy) is 1. The topological polar surface area (TPSA) is 59.9 Å². The molecular weight excluding hydrogens is 316 g/mol. The quantitative estimate of drug-likeness (QED) is 0.648. The number of oxime groups is 1. The monoisotopic (exact) mass is 340 g/mol. The Bertz CT molecular complexity index is 774. The normalized spacial score (nSPS) is 11.2. The molecule has 0 aliphatic rings. The fourth-order valence-electron chi connectivity index (χ4n) is 2.84. The fraction of sp³-hybridized carbons (Fsp3) is 0.300. The molecule has 2 aromatic carbocycles. The Morgan fingerprint density at radius 3 is 2.36 bits per heavy atom. The van der Waals surface area contributed by atoms with Crippen LogP contribution >= 0.6 is 0 Å². The molecule has 2 rings (SSSR count). The average molecular weight is 340 g/mol. The molecule has 0 heterocycles. The number of aryl methyl sites for hydroxylation is 3. The first-order valence-corrected chi connectivity index (χ1v) is 8.10. The van der Waals surface area contributed by atoms with Crippen molar-refractivity contribution < 1.29 is 14.4 Å². The highest BCUT2D eigenvalue weighted by molar-refractivity contribution is 6.45. The van der Waals surface area contributed by atoms with Crippen LogP contribution in [0.5, 0.6) is 5.75 Å². The molecule has 1 amide bonds. The number of hydrogen-bond acceptors (Lipinski definition) is 4. The lowest BCUT2D eigenvalue weighted by atomic mass is 10.0. The first-order valence-electron chi connectivity index (χ1n) is 8.10. The summed E-state index contributed by atoms with van der Waals surface area (Å²) >= 11 is 0. The summed E-state index contributed by atoms with van der Waals surface area (Å²) in [5, 5.41) is 6.46. The van der Waals surface area contributed by atoms with Crippen molar-refractivity contribution in [2.45, 2.75) is 27.4 Å². The van der Waals surface area contributed by atoms with Gasteiger partial charge < -0.3 is 14.9 Å². The highest BCUT2D eigenvalue weighted by atomic mass is 16.6. The largest absolute Gasteiger partial charge is 0.488 e. The van der Waals surface area contributed by atoms with Crippen molar-refractivity contribution >= 4 is 11.6 Å². The number of carbonyl (C=O) groups excluding carboxylic acids is 1.